The third kappa shape index (κ3) is 3.48. The van der Waals surface area contributed by atoms with E-state index in [1.54, 1.807) is 6.92 Å². The molecule has 0 amide bonds. The van der Waals surface area contributed by atoms with E-state index in [0.29, 0.717) is 6.42 Å². The molecular weight excluding hydrogens is 182 g/mol. The first-order valence-electron chi connectivity index (χ1n) is 3.76. The van der Waals surface area contributed by atoms with E-state index in [2.05, 4.69) is 0 Å². The standard InChI is InChI=1S/C6H15NO4S/c1-2-5(7)6(3-4-8)12(9,10)11/h5-6,8H,2-4,7H2,1H3,(H,9,10,11). The van der Waals surface area contributed by atoms with Crippen LogP contribution in [0.15, 0.2) is 0 Å². The van der Waals surface area contributed by atoms with E-state index in [9.17, 15) is 8.42 Å². The highest BCUT2D eigenvalue weighted by Gasteiger charge is 2.27. The van der Waals surface area contributed by atoms with Crippen molar-refractivity contribution in [1.29, 1.82) is 0 Å². The summed E-state index contributed by atoms with van der Waals surface area (Å²) in [5, 5.41) is 7.46. The van der Waals surface area contributed by atoms with Gasteiger partial charge >= 0.3 is 0 Å². The fraction of sp³-hybridized carbons (Fsp3) is 1.00. The van der Waals surface area contributed by atoms with E-state index in [4.69, 9.17) is 15.4 Å². The first-order valence-corrected chi connectivity index (χ1v) is 5.26. The Hall–Kier alpha value is -0.170. The molecule has 12 heavy (non-hydrogen) atoms. The Labute approximate surface area is 72.3 Å². The smallest absolute Gasteiger partial charge is 0.269 e. The maximum atomic E-state index is 10.7. The molecule has 0 spiro atoms. The van der Waals surface area contributed by atoms with E-state index in [1.165, 1.54) is 0 Å². The third-order valence-electron chi connectivity index (χ3n) is 1.75. The minimum Gasteiger partial charge on any atom is -0.396 e. The molecule has 0 rings (SSSR count). The molecule has 4 N–H and O–H groups in total. The van der Waals surface area contributed by atoms with E-state index < -0.39 is 21.4 Å². The molecule has 0 aromatic rings. The fourth-order valence-corrected chi connectivity index (χ4v) is 2.01. The van der Waals surface area contributed by atoms with Crippen LogP contribution in [0.2, 0.25) is 0 Å². The first-order chi connectivity index (χ1) is 5.43. The van der Waals surface area contributed by atoms with Gasteiger partial charge in [-0.1, -0.05) is 6.92 Å². The summed E-state index contributed by atoms with van der Waals surface area (Å²) in [6.07, 6.45) is 0.429. The van der Waals surface area contributed by atoms with Crippen molar-refractivity contribution in [3.63, 3.8) is 0 Å². The topological polar surface area (TPSA) is 101 Å². The van der Waals surface area contributed by atoms with Gasteiger partial charge in [0, 0.05) is 12.6 Å². The Morgan fingerprint density at radius 3 is 2.25 bits per heavy atom. The number of aliphatic hydroxyl groups is 1. The molecule has 0 aliphatic heterocycles. The van der Waals surface area contributed by atoms with Crippen molar-refractivity contribution in [1.82, 2.24) is 0 Å². The molecule has 0 aliphatic carbocycles. The van der Waals surface area contributed by atoms with Gasteiger partial charge in [-0.3, -0.25) is 4.55 Å². The second-order valence-corrected chi connectivity index (χ2v) is 4.27. The van der Waals surface area contributed by atoms with Gasteiger partial charge < -0.3 is 10.8 Å². The van der Waals surface area contributed by atoms with Crippen molar-refractivity contribution in [2.45, 2.75) is 31.1 Å². The van der Waals surface area contributed by atoms with Crippen LogP contribution in [0.1, 0.15) is 19.8 Å². The summed E-state index contributed by atoms with van der Waals surface area (Å²) in [7, 11) is -4.12. The van der Waals surface area contributed by atoms with E-state index in [1.807, 2.05) is 0 Å². The van der Waals surface area contributed by atoms with Crippen molar-refractivity contribution in [2.24, 2.45) is 5.73 Å². The van der Waals surface area contributed by atoms with E-state index >= 15 is 0 Å². The lowest BCUT2D eigenvalue weighted by molar-refractivity contribution is 0.276. The highest BCUT2D eigenvalue weighted by molar-refractivity contribution is 7.86. The lowest BCUT2D eigenvalue weighted by atomic mass is 10.1. The van der Waals surface area contributed by atoms with Crippen LogP contribution in [-0.2, 0) is 10.1 Å². The number of rotatable bonds is 5. The molecule has 0 aromatic heterocycles. The van der Waals surface area contributed by atoms with E-state index in [-0.39, 0.29) is 13.0 Å². The molecular formula is C6H15NO4S. The molecule has 74 valence electrons. The molecule has 0 radical (unpaired) electrons. The monoisotopic (exact) mass is 197 g/mol. The van der Waals surface area contributed by atoms with Gasteiger partial charge in [-0.05, 0) is 12.8 Å². The molecule has 0 saturated carbocycles. The average molecular weight is 197 g/mol. The molecule has 0 saturated heterocycles. The molecule has 2 unspecified atom stereocenters. The zero-order valence-corrected chi connectivity index (χ0v) is 7.79. The molecule has 0 fully saturated rings. The summed E-state index contributed by atoms with van der Waals surface area (Å²) >= 11 is 0. The maximum absolute atomic E-state index is 10.7. The second-order valence-electron chi connectivity index (χ2n) is 2.64. The number of aliphatic hydroxyl groups excluding tert-OH is 1. The normalized spacial score (nSPS) is 17.3. The molecule has 0 bridgehead atoms. The number of hydrogen-bond donors (Lipinski definition) is 3. The highest BCUT2D eigenvalue weighted by atomic mass is 32.2. The summed E-state index contributed by atoms with van der Waals surface area (Å²) in [5.41, 5.74) is 5.44. The minimum atomic E-state index is -4.12. The number of nitrogens with two attached hydrogens (primary N) is 1. The largest absolute Gasteiger partial charge is 0.396 e. The quantitative estimate of drug-likeness (QED) is 0.509. The Kier molecular flexibility index (Phi) is 4.69. The van der Waals surface area contributed by atoms with E-state index in [0.717, 1.165) is 0 Å². The molecule has 5 nitrogen and oxygen atoms in total. The SMILES string of the molecule is CCC(N)C(CCO)S(=O)(=O)O. The molecule has 0 aromatic carbocycles. The predicted octanol–water partition coefficient (Wildman–Crippen LogP) is -0.637. The summed E-state index contributed by atoms with van der Waals surface area (Å²) in [4.78, 5) is 0. The predicted molar refractivity (Wildman–Crippen MR) is 45.3 cm³/mol. The van der Waals surface area contributed by atoms with Gasteiger partial charge in [-0.15, -0.1) is 0 Å². The van der Waals surface area contributed by atoms with Gasteiger partial charge in [0.15, 0.2) is 0 Å². The summed E-state index contributed by atoms with van der Waals surface area (Å²) in [6, 6.07) is -0.618. The molecule has 6 heteroatoms. The van der Waals surface area contributed by atoms with Crippen molar-refractivity contribution in [2.75, 3.05) is 6.61 Å². The summed E-state index contributed by atoms with van der Waals surface area (Å²) < 4.78 is 30.1. The van der Waals surface area contributed by atoms with Crippen molar-refractivity contribution in [3.05, 3.63) is 0 Å². The minimum absolute atomic E-state index is 0.0200. The zero-order chi connectivity index (χ0) is 9.78. The van der Waals surface area contributed by atoms with Crippen LogP contribution in [-0.4, -0.2) is 36.0 Å². The maximum Gasteiger partial charge on any atom is 0.269 e. The first kappa shape index (κ1) is 11.8. The van der Waals surface area contributed by atoms with Crippen LogP contribution < -0.4 is 5.73 Å². The van der Waals surface area contributed by atoms with Gasteiger partial charge in [0.2, 0.25) is 0 Å². The van der Waals surface area contributed by atoms with Crippen molar-refractivity contribution < 1.29 is 18.1 Å². The van der Waals surface area contributed by atoms with Crippen LogP contribution >= 0.6 is 0 Å². The Morgan fingerprint density at radius 1 is 1.50 bits per heavy atom. The highest BCUT2D eigenvalue weighted by Crippen LogP contribution is 2.09. The summed E-state index contributed by atoms with van der Waals surface area (Å²) in [6.45, 7) is 1.43. The van der Waals surface area contributed by atoms with Crippen LogP contribution in [0.3, 0.4) is 0 Å². The molecule has 0 heterocycles. The molecule has 0 aliphatic rings. The zero-order valence-electron chi connectivity index (χ0n) is 6.97. The van der Waals surface area contributed by atoms with Crippen LogP contribution in [0, 0.1) is 0 Å². The third-order valence-corrected chi connectivity index (χ3v) is 3.10. The lowest BCUT2D eigenvalue weighted by Crippen LogP contribution is -2.40. The average Bonchev–Trinajstić information content (AvgIpc) is 1.96. The van der Waals surface area contributed by atoms with Gasteiger partial charge in [0.25, 0.3) is 10.1 Å². The van der Waals surface area contributed by atoms with Crippen LogP contribution in [0.5, 0.6) is 0 Å². The lowest BCUT2D eigenvalue weighted by Gasteiger charge is -2.18. The summed E-state index contributed by atoms with van der Waals surface area (Å²) in [5.74, 6) is 0. The fourth-order valence-electron chi connectivity index (χ4n) is 0.974. The Morgan fingerprint density at radius 2 is 2.00 bits per heavy atom. The number of hydrogen-bond acceptors (Lipinski definition) is 4. The second kappa shape index (κ2) is 4.76. The van der Waals surface area contributed by atoms with Gasteiger partial charge in [0.05, 0.1) is 0 Å². The Balaban J connectivity index is 4.44. The van der Waals surface area contributed by atoms with Crippen molar-refractivity contribution >= 4 is 10.1 Å². The van der Waals surface area contributed by atoms with Crippen LogP contribution in [0.25, 0.3) is 0 Å². The van der Waals surface area contributed by atoms with Gasteiger partial charge in [-0.25, -0.2) is 0 Å². The van der Waals surface area contributed by atoms with Crippen molar-refractivity contribution in [3.8, 4) is 0 Å². The van der Waals surface area contributed by atoms with Gasteiger partial charge in [-0.2, -0.15) is 8.42 Å². The Bertz CT molecular complexity index is 214. The van der Waals surface area contributed by atoms with Gasteiger partial charge in [0.1, 0.15) is 5.25 Å². The molecule has 2 atom stereocenters. The van der Waals surface area contributed by atoms with Crippen LogP contribution in [0.4, 0.5) is 0 Å².